The average Bonchev–Trinajstić information content (AvgIpc) is 2.99. The summed E-state index contributed by atoms with van der Waals surface area (Å²) in [4.78, 5) is 18.4. The van der Waals surface area contributed by atoms with Crippen LogP contribution in [0, 0.1) is 6.57 Å². The summed E-state index contributed by atoms with van der Waals surface area (Å²) in [5, 5.41) is 0. The van der Waals surface area contributed by atoms with Crippen LogP contribution in [-0.2, 0) is 34.0 Å². The Morgan fingerprint density at radius 2 is 1.51 bits per heavy atom. The van der Waals surface area contributed by atoms with Crippen LogP contribution in [0.15, 0.2) is 78.9 Å². The fraction of sp³-hybridized carbons (Fsp3) is 0.355. The van der Waals surface area contributed by atoms with E-state index in [9.17, 15) is 31.1 Å². The summed E-state index contributed by atoms with van der Waals surface area (Å²) in [6.45, 7) is 8.29. The first-order valence-electron chi connectivity index (χ1n) is 13.3. The molecule has 0 spiro atoms. The third-order valence-corrected chi connectivity index (χ3v) is 7.53. The molecule has 6 nitrogen and oxygen atoms in total. The fourth-order valence-electron chi connectivity index (χ4n) is 5.04. The summed E-state index contributed by atoms with van der Waals surface area (Å²) < 4.78 is 92.6. The van der Waals surface area contributed by atoms with Gasteiger partial charge in [0, 0.05) is 6.42 Å². The zero-order valence-corrected chi connectivity index (χ0v) is 23.1. The zero-order chi connectivity index (χ0) is 31.5. The molecule has 4 rings (SSSR count). The Labute approximate surface area is 244 Å². The average molecular weight is 606 g/mol. The normalized spacial score (nSPS) is 21.6. The number of carbonyl (C=O) groups is 1. The number of ether oxygens (including phenoxy) is 2. The van der Waals surface area contributed by atoms with Gasteiger partial charge in [-0.25, -0.2) is 11.4 Å². The molecule has 1 amide bonds. The number of hydrogen-bond acceptors (Lipinski definition) is 4. The van der Waals surface area contributed by atoms with Gasteiger partial charge in [0.25, 0.3) is 0 Å². The van der Waals surface area contributed by atoms with Crippen molar-refractivity contribution in [1.82, 2.24) is 4.90 Å². The van der Waals surface area contributed by atoms with E-state index in [-0.39, 0.29) is 44.2 Å². The molecule has 228 valence electrons. The van der Waals surface area contributed by atoms with Crippen LogP contribution in [0.2, 0.25) is 0 Å². The molecule has 3 aromatic rings. The van der Waals surface area contributed by atoms with E-state index in [2.05, 4.69) is 4.85 Å². The highest BCUT2D eigenvalue weighted by Crippen LogP contribution is 2.43. The molecule has 1 aliphatic heterocycles. The largest absolute Gasteiger partial charge is 0.445 e. The summed E-state index contributed by atoms with van der Waals surface area (Å²) in [5.41, 5.74) is 1.57. The van der Waals surface area contributed by atoms with Gasteiger partial charge in [-0.3, -0.25) is 15.5 Å². The summed E-state index contributed by atoms with van der Waals surface area (Å²) in [6, 6.07) is 18.8. The minimum absolute atomic E-state index is 0.0541. The van der Waals surface area contributed by atoms with Crippen LogP contribution >= 0.6 is 0 Å². The number of benzene rings is 3. The van der Waals surface area contributed by atoms with Crippen molar-refractivity contribution in [3.63, 3.8) is 0 Å². The minimum atomic E-state index is -5.02. The SMILES string of the molecule is [C-]#[N+][C@]1(N)CCC(CO[C@H](C)c2cc(C(F)(F)F)cc(C(F)(F)F)c2)(c2ccccc2)N(C(=O)OCc2ccccc2)C1. The summed E-state index contributed by atoms with van der Waals surface area (Å²) in [5.74, 6) is 0. The van der Waals surface area contributed by atoms with Gasteiger partial charge in [-0.05, 0) is 48.2 Å². The highest BCUT2D eigenvalue weighted by molar-refractivity contribution is 5.70. The lowest BCUT2D eigenvalue weighted by molar-refractivity contribution is -0.143. The highest BCUT2D eigenvalue weighted by Gasteiger charge is 2.54. The quantitative estimate of drug-likeness (QED) is 0.221. The van der Waals surface area contributed by atoms with Gasteiger partial charge < -0.3 is 9.47 Å². The lowest BCUT2D eigenvalue weighted by Crippen LogP contribution is -2.64. The van der Waals surface area contributed by atoms with E-state index in [1.54, 1.807) is 60.7 Å². The third kappa shape index (κ3) is 7.29. The van der Waals surface area contributed by atoms with Gasteiger partial charge in [-0.2, -0.15) is 26.3 Å². The number of nitrogens with two attached hydrogens (primary N) is 1. The van der Waals surface area contributed by atoms with Crippen LogP contribution in [0.4, 0.5) is 31.1 Å². The molecule has 3 aromatic carbocycles. The smallest absolute Gasteiger partial charge is 0.416 e. The Hall–Kier alpha value is -4.08. The predicted octanol–water partition coefficient (Wildman–Crippen LogP) is 7.70. The number of rotatable bonds is 7. The molecule has 0 aliphatic carbocycles. The second-order valence-corrected chi connectivity index (χ2v) is 10.5. The molecule has 1 unspecified atom stereocenters. The Bertz CT molecular complexity index is 1430. The molecular weight excluding hydrogens is 576 g/mol. The van der Waals surface area contributed by atoms with E-state index in [4.69, 9.17) is 21.8 Å². The second kappa shape index (κ2) is 12.3. The monoisotopic (exact) mass is 605 g/mol. The molecule has 0 bridgehead atoms. The minimum Gasteiger partial charge on any atom is -0.445 e. The molecule has 43 heavy (non-hydrogen) atoms. The summed E-state index contributed by atoms with van der Waals surface area (Å²) in [7, 11) is 0. The van der Waals surface area contributed by atoms with Crippen LogP contribution in [0.3, 0.4) is 0 Å². The maximum absolute atomic E-state index is 13.6. The lowest BCUT2D eigenvalue weighted by atomic mass is 9.78. The third-order valence-electron chi connectivity index (χ3n) is 7.53. The van der Waals surface area contributed by atoms with Crippen molar-refractivity contribution in [3.05, 3.63) is 118 Å². The number of hydrogen-bond donors (Lipinski definition) is 1. The van der Waals surface area contributed by atoms with E-state index in [0.29, 0.717) is 23.3 Å². The molecule has 12 heteroatoms. The Morgan fingerprint density at radius 3 is 2.05 bits per heavy atom. The maximum Gasteiger partial charge on any atom is 0.416 e. The van der Waals surface area contributed by atoms with Gasteiger partial charge in [0.2, 0.25) is 0 Å². The summed E-state index contributed by atoms with van der Waals surface area (Å²) in [6.07, 6.45) is -11.8. The van der Waals surface area contributed by atoms with E-state index in [1.807, 2.05) is 0 Å². The van der Waals surface area contributed by atoms with Gasteiger partial charge >= 0.3 is 24.1 Å². The van der Waals surface area contributed by atoms with Crippen molar-refractivity contribution in [2.75, 3.05) is 13.2 Å². The molecule has 1 fully saturated rings. The van der Waals surface area contributed by atoms with Crippen molar-refractivity contribution < 1.29 is 40.6 Å². The van der Waals surface area contributed by atoms with E-state index < -0.39 is 46.9 Å². The first-order chi connectivity index (χ1) is 20.2. The zero-order valence-electron chi connectivity index (χ0n) is 23.1. The molecule has 0 saturated carbocycles. The predicted molar refractivity (Wildman–Crippen MR) is 145 cm³/mol. The standard InChI is InChI=1S/C31H29F6N3O3/c1-21(23-15-25(30(32,33)34)17-26(16-23)31(35,36)37)43-20-28(24-11-7-4-8-12-24)13-14-29(38,39-2)19-40(28)27(41)42-18-22-9-5-3-6-10-22/h3-12,15-17,21H,13-14,18-20,38H2,1H3/t21-,28?,29-/m1/s1. The van der Waals surface area contributed by atoms with Gasteiger partial charge in [-0.1, -0.05) is 60.7 Å². The Morgan fingerprint density at radius 1 is 0.953 bits per heavy atom. The number of amides is 1. The van der Waals surface area contributed by atoms with Crippen LogP contribution in [-0.4, -0.2) is 29.8 Å². The molecule has 1 heterocycles. The van der Waals surface area contributed by atoms with Crippen molar-refractivity contribution in [2.24, 2.45) is 5.73 Å². The Balaban J connectivity index is 1.70. The number of likely N-dealkylation sites (tertiary alicyclic amines) is 1. The maximum atomic E-state index is 13.6. The van der Waals surface area contributed by atoms with Gasteiger partial charge in [0.15, 0.2) is 0 Å². The molecule has 2 N–H and O–H groups in total. The summed E-state index contributed by atoms with van der Waals surface area (Å²) >= 11 is 0. The van der Waals surface area contributed by atoms with Gasteiger partial charge in [0.05, 0.1) is 29.4 Å². The first-order valence-corrected chi connectivity index (χ1v) is 13.3. The van der Waals surface area contributed by atoms with Crippen LogP contribution in [0.5, 0.6) is 0 Å². The van der Waals surface area contributed by atoms with E-state index in [1.165, 1.54) is 11.8 Å². The molecule has 0 radical (unpaired) electrons. The molecule has 1 aliphatic rings. The number of alkyl halides is 6. The van der Waals surface area contributed by atoms with E-state index in [0.717, 1.165) is 0 Å². The Kier molecular flexibility index (Phi) is 9.08. The number of nitrogens with zero attached hydrogens (tertiary/aromatic N) is 2. The molecule has 0 aromatic heterocycles. The highest BCUT2D eigenvalue weighted by atomic mass is 19.4. The number of halogens is 6. The number of carbonyl (C=O) groups excluding carboxylic acids is 1. The van der Waals surface area contributed by atoms with Crippen LogP contribution in [0.1, 0.15) is 53.7 Å². The van der Waals surface area contributed by atoms with Crippen molar-refractivity contribution >= 4 is 6.09 Å². The molecular formula is C31H29F6N3O3. The molecule has 1 saturated heterocycles. The number of piperidine rings is 1. The fourth-order valence-corrected chi connectivity index (χ4v) is 5.04. The van der Waals surface area contributed by atoms with Crippen LogP contribution < -0.4 is 5.73 Å². The van der Waals surface area contributed by atoms with Crippen LogP contribution in [0.25, 0.3) is 4.85 Å². The van der Waals surface area contributed by atoms with Crippen molar-refractivity contribution in [1.29, 1.82) is 0 Å². The van der Waals surface area contributed by atoms with Crippen molar-refractivity contribution in [2.45, 2.75) is 56.0 Å². The van der Waals surface area contributed by atoms with Crippen molar-refractivity contribution in [3.8, 4) is 0 Å². The topological polar surface area (TPSA) is 69.2 Å². The van der Waals surface area contributed by atoms with Gasteiger partial charge in [-0.15, -0.1) is 0 Å². The lowest BCUT2D eigenvalue weighted by Gasteiger charge is -2.48. The second-order valence-electron chi connectivity index (χ2n) is 10.5. The first kappa shape index (κ1) is 31.8. The van der Waals surface area contributed by atoms with E-state index >= 15 is 0 Å². The van der Waals surface area contributed by atoms with Gasteiger partial charge in [0.1, 0.15) is 13.2 Å². The molecule has 3 atom stereocenters.